The highest BCUT2D eigenvalue weighted by molar-refractivity contribution is 7.89. The Morgan fingerprint density at radius 3 is 2.64 bits per heavy atom. The summed E-state index contributed by atoms with van der Waals surface area (Å²) >= 11 is -1.31. The normalized spacial score (nSPS) is 15.7. The maximum absolute atomic E-state index is 13.2. The van der Waals surface area contributed by atoms with E-state index < -0.39 is 11.4 Å². The molecule has 0 radical (unpaired) electrons. The first-order chi connectivity index (χ1) is 16.1. The van der Waals surface area contributed by atoms with Crippen molar-refractivity contribution in [1.82, 2.24) is 14.6 Å². The van der Waals surface area contributed by atoms with Crippen molar-refractivity contribution in [1.29, 1.82) is 0 Å². The van der Waals surface area contributed by atoms with Gasteiger partial charge in [0.05, 0.1) is 23.5 Å². The smallest absolute Gasteiger partial charge is 0.252 e. The Kier molecular flexibility index (Phi) is 7.69. The van der Waals surface area contributed by atoms with Crippen LogP contribution in [0.1, 0.15) is 48.5 Å². The van der Waals surface area contributed by atoms with Gasteiger partial charge < -0.3 is 19.6 Å². The van der Waals surface area contributed by atoms with Crippen molar-refractivity contribution < 1.29 is 14.1 Å². The number of H-pyrrole nitrogens is 1. The average molecular weight is 468 g/mol. The lowest BCUT2D eigenvalue weighted by molar-refractivity contribution is 0.0952. The van der Waals surface area contributed by atoms with Crippen molar-refractivity contribution in [3.05, 3.63) is 70.0 Å². The Hall–Kier alpha value is -2.81. The highest BCUT2D eigenvalue weighted by Crippen LogP contribution is 2.25. The molecule has 1 aromatic heterocycles. The Bertz CT molecular complexity index is 1170. The van der Waals surface area contributed by atoms with Gasteiger partial charge in [-0.3, -0.25) is 9.59 Å². The zero-order valence-electron chi connectivity index (χ0n) is 18.8. The maximum Gasteiger partial charge on any atom is 0.252 e. The molecule has 0 saturated carbocycles. The molecule has 7 nitrogen and oxygen atoms in total. The van der Waals surface area contributed by atoms with Crippen LogP contribution in [0.3, 0.4) is 0 Å². The van der Waals surface area contributed by atoms with Crippen LogP contribution in [0.15, 0.2) is 58.2 Å². The molecule has 2 heterocycles. The minimum Gasteiger partial charge on any atom is -0.593 e. The average Bonchev–Trinajstić information content (AvgIpc) is 3.12. The number of carbonyl (C=O) groups is 1. The maximum atomic E-state index is 13.2. The third-order valence-electron chi connectivity index (χ3n) is 5.77. The molecule has 33 heavy (non-hydrogen) atoms. The first kappa shape index (κ1) is 23.4. The molecule has 2 N–H and O–H groups in total. The molecule has 1 aliphatic rings. The predicted molar refractivity (Wildman–Crippen MR) is 130 cm³/mol. The quantitative estimate of drug-likeness (QED) is 0.516. The molecule has 0 aliphatic carbocycles. The van der Waals surface area contributed by atoms with Gasteiger partial charge in [-0.15, -0.1) is 4.31 Å². The predicted octanol–water partition coefficient (Wildman–Crippen LogP) is 3.76. The molecule has 174 valence electrons. The van der Waals surface area contributed by atoms with Gasteiger partial charge in [0.1, 0.15) is 5.75 Å². The second-order valence-electron chi connectivity index (χ2n) is 8.07. The van der Waals surface area contributed by atoms with E-state index >= 15 is 0 Å². The largest absolute Gasteiger partial charge is 0.593 e. The number of nitrogens with zero attached hydrogens (tertiary/aromatic N) is 1. The number of pyridine rings is 1. The second kappa shape index (κ2) is 10.9. The number of nitrogens with one attached hydrogen (secondary N) is 2. The van der Waals surface area contributed by atoms with Crippen LogP contribution >= 0.6 is 0 Å². The van der Waals surface area contributed by atoms with E-state index in [1.807, 2.05) is 35.5 Å². The topological polar surface area (TPSA) is 97.5 Å². The summed E-state index contributed by atoms with van der Waals surface area (Å²) < 4.78 is 20.8. The summed E-state index contributed by atoms with van der Waals surface area (Å²) in [7, 11) is 0. The molecule has 1 saturated heterocycles. The Labute approximate surface area is 196 Å². The van der Waals surface area contributed by atoms with E-state index in [1.165, 1.54) is 6.07 Å². The van der Waals surface area contributed by atoms with Gasteiger partial charge in [-0.1, -0.05) is 31.0 Å². The SMILES string of the molecule is CCOc1ccccc1CNC(=O)c1cc(=O)[nH]c2ccc([S+]([O-])N3CCCCCC3)cc12. The summed E-state index contributed by atoms with van der Waals surface area (Å²) in [6, 6.07) is 14.1. The van der Waals surface area contributed by atoms with E-state index in [2.05, 4.69) is 10.3 Å². The lowest BCUT2D eigenvalue weighted by atomic mass is 10.1. The summed E-state index contributed by atoms with van der Waals surface area (Å²) in [6.07, 6.45) is 4.37. The van der Waals surface area contributed by atoms with E-state index in [9.17, 15) is 14.1 Å². The highest BCUT2D eigenvalue weighted by atomic mass is 32.2. The summed E-state index contributed by atoms with van der Waals surface area (Å²) in [6.45, 7) is 4.29. The summed E-state index contributed by atoms with van der Waals surface area (Å²) in [5.41, 5.74) is 1.30. The zero-order chi connectivity index (χ0) is 23.2. The Balaban J connectivity index is 1.60. The number of ether oxygens (including phenoxy) is 1. The molecule has 1 atom stereocenters. The number of fused-ring (bicyclic) bond motifs is 1. The standard InChI is InChI=1S/C25H29N3O4S/c1-2-32-23-10-6-5-9-18(23)17-26-25(30)21-16-24(29)27-22-12-11-19(15-20(21)22)33(31)28-13-7-3-4-8-14-28/h5-6,9-12,15-16H,2-4,7-8,13-14,17H2,1H3,(H,26,30)(H,27,29). The summed E-state index contributed by atoms with van der Waals surface area (Å²) in [5.74, 6) is 0.348. The van der Waals surface area contributed by atoms with Crippen LogP contribution in [0, 0.1) is 0 Å². The number of hydrogen-bond acceptors (Lipinski definition) is 5. The third-order valence-corrected chi connectivity index (χ3v) is 7.26. The van der Waals surface area contributed by atoms with E-state index in [0.717, 1.165) is 44.3 Å². The van der Waals surface area contributed by atoms with Gasteiger partial charge in [0.25, 0.3) is 5.91 Å². The number of amides is 1. The molecule has 1 amide bonds. The fourth-order valence-electron chi connectivity index (χ4n) is 4.10. The molecule has 0 spiro atoms. The third kappa shape index (κ3) is 5.58. The van der Waals surface area contributed by atoms with E-state index in [1.54, 1.807) is 18.2 Å². The fourth-order valence-corrected chi connectivity index (χ4v) is 5.39. The van der Waals surface area contributed by atoms with Crippen molar-refractivity contribution in [3.63, 3.8) is 0 Å². The van der Waals surface area contributed by atoms with Gasteiger partial charge in [0.2, 0.25) is 5.56 Å². The van der Waals surface area contributed by atoms with Crippen LogP contribution in [0.5, 0.6) is 5.75 Å². The van der Waals surface area contributed by atoms with Crippen molar-refractivity contribution >= 4 is 28.2 Å². The number of benzene rings is 2. The van der Waals surface area contributed by atoms with Crippen LogP contribution < -0.4 is 15.6 Å². The molecule has 4 rings (SSSR count). The number of aromatic amines is 1. The monoisotopic (exact) mass is 467 g/mol. The molecule has 2 aromatic carbocycles. The molecule has 1 unspecified atom stereocenters. The van der Waals surface area contributed by atoms with Gasteiger partial charge in [0, 0.05) is 48.2 Å². The molecule has 8 heteroatoms. The number of carbonyl (C=O) groups excluding carboxylic acids is 1. The first-order valence-electron chi connectivity index (χ1n) is 11.4. The lowest BCUT2D eigenvalue weighted by Gasteiger charge is -2.22. The first-order valence-corrected chi connectivity index (χ1v) is 12.5. The van der Waals surface area contributed by atoms with Crippen LogP contribution in [0.25, 0.3) is 10.9 Å². The van der Waals surface area contributed by atoms with Crippen molar-refractivity contribution in [2.45, 2.75) is 44.0 Å². The van der Waals surface area contributed by atoms with Crippen molar-refractivity contribution in [2.24, 2.45) is 0 Å². The lowest BCUT2D eigenvalue weighted by Crippen LogP contribution is -2.32. The van der Waals surface area contributed by atoms with Gasteiger partial charge in [-0.25, -0.2) is 0 Å². The fraction of sp³-hybridized carbons (Fsp3) is 0.360. The van der Waals surface area contributed by atoms with Gasteiger partial charge in [-0.05, 0) is 38.0 Å². The van der Waals surface area contributed by atoms with Crippen LogP contribution in [-0.4, -0.2) is 39.4 Å². The number of rotatable bonds is 7. The minimum atomic E-state index is -1.31. The van der Waals surface area contributed by atoms with Crippen LogP contribution in [0.2, 0.25) is 0 Å². The molecular formula is C25H29N3O4S. The van der Waals surface area contributed by atoms with Crippen LogP contribution in [0.4, 0.5) is 0 Å². The number of hydrogen-bond donors (Lipinski definition) is 2. The van der Waals surface area contributed by atoms with E-state index in [-0.39, 0.29) is 23.6 Å². The molecule has 1 aliphatic heterocycles. The number of para-hydroxylation sites is 1. The second-order valence-corrected chi connectivity index (χ2v) is 9.56. The minimum absolute atomic E-state index is 0.261. The van der Waals surface area contributed by atoms with E-state index in [0.29, 0.717) is 28.2 Å². The summed E-state index contributed by atoms with van der Waals surface area (Å²) in [5, 5.41) is 3.47. The van der Waals surface area contributed by atoms with Crippen LogP contribution in [-0.2, 0) is 17.9 Å². The number of aromatic nitrogens is 1. The zero-order valence-corrected chi connectivity index (χ0v) is 19.6. The van der Waals surface area contributed by atoms with E-state index in [4.69, 9.17) is 4.74 Å². The molecule has 3 aromatic rings. The highest BCUT2D eigenvalue weighted by Gasteiger charge is 2.24. The van der Waals surface area contributed by atoms with Gasteiger partial charge >= 0.3 is 0 Å². The molecule has 0 bridgehead atoms. The Morgan fingerprint density at radius 1 is 1.12 bits per heavy atom. The van der Waals surface area contributed by atoms with Gasteiger partial charge in [-0.2, -0.15) is 0 Å². The Morgan fingerprint density at radius 2 is 1.88 bits per heavy atom. The molecule has 1 fully saturated rings. The van der Waals surface area contributed by atoms with Gasteiger partial charge in [0.15, 0.2) is 4.90 Å². The molecular weight excluding hydrogens is 438 g/mol. The van der Waals surface area contributed by atoms with Crippen molar-refractivity contribution in [3.8, 4) is 5.75 Å². The van der Waals surface area contributed by atoms with Crippen molar-refractivity contribution in [2.75, 3.05) is 19.7 Å². The summed E-state index contributed by atoms with van der Waals surface area (Å²) in [4.78, 5) is 28.7.